The van der Waals surface area contributed by atoms with Crippen LogP contribution in [0.2, 0.25) is 0 Å². The monoisotopic (exact) mass is 790 g/mol. The third kappa shape index (κ3) is 40.7. The summed E-state index contributed by atoms with van der Waals surface area (Å²) in [6.07, 6.45) is 37.1. The summed E-state index contributed by atoms with van der Waals surface area (Å²) in [5.74, 6) is -0.822. The third-order valence-corrected chi connectivity index (χ3v) is 11.1. The highest BCUT2D eigenvalue weighted by atomic mass is 31.2. The van der Waals surface area contributed by atoms with Crippen molar-refractivity contribution in [1.29, 1.82) is 0 Å². The van der Waals surface area contributed by atoms with E-state index >= 15 is 0 Å². The summed E-state index contributed by atoms with van der Waals surface area (Å²) < 4.78 is 33.9. The summed E-state index contributed by atoms with van der Waals surface area (Å²) in [5.41, 5.74) is 0. The van der Waals surface area contributed by atoms with Crippen molar-refractivity contribution in [2.45, 2.75) is 225 Å². The number of esters is 2. The van der Waals surface area contributed by atoms with Gasteiger partial charge in [-0.15, -0.1) is 0 Å². The highest BCUT2D eigenvalue weighted by molar-refractivity contribution is 7.45. The average Bonchev–Trinajstić information content (AvgIpc) is 3.12. The van der Waals surface area contributed by atoms with Gasteiger partial charge in [0.25, 0.3) is 7.82 Å². The molecule has 0 aliphatic heterocycles. The molecule has 0 spiro atoms. The van der Waals surface area contributed by atoms with Crippen LogP contribution < -0.4 is 4.89 Å². The molecule has 0 N–H and O–H groups in total. The van der Waals surface area contributed by atoms with Gasteiger partial charge in [0, 0.05) is 12.8 Å². The average molecular weight is 790 g/mol. The van der Waals surface area contributed by atoms with E-state index in [9.17, 15) is 19.0 Å². The Kier molecular flexibility index (Phi) is 36.9. The standard InChI is InChI=1S/C44H88NO8P/c1-6-8-10-12-14-16-18-19-20-21-22-23-24-25-26-27-29-30-32-34-36-43(46)50-40-42(41-52-54(48,49)51-39-38-45(3,4)5)53-44(47)37-35-33-31-28-17-15-13-11-9-7-2/h42H,6-41H2,1-5H3/t42-/m1/s1. The predicted octanol–water partition coefficient (Wildman–Crippen LogP) is 12.2. The molecule has 0 aliphatic carbocycles. The van der Waals surface area contributed by atoms with E-state index in [0.717, 1.165) is 32.1 Å². The number of phosphoric ester groups is 1. The summed E-state index contributed by atoms with van der Waals surface area (Å²) >= 11 is 0. The number of phosphoric acid groups is 1. The Hall–Kier alpha value is -0.990. The van der Waals surface area contributed by atoms with Crippen molar-refractivity contribution >= 4 is 19.8 Å². The lowest BCUT2D eigenvalue weighted by Crippen LogP contribution is -2.37. The molecule has 0 aromatic rings. The lowest BCUT2D eigenvalue weighted by molar-refractivity contribution is -0.870. The van der Waals surface area contributed by atoms with Gasteiger partial charge in [-0.1, -0.05) is 194 Å². The van der Waals surface area contributed by atoms with E-state index in [0.29, 0.717) is 17.4 Å². The van der Waals surface area contributed by atoms with E-state index in [2.05, 4.69) is 13.8 Å². The Balaban J connectivity index is 4.18. The Morgan fingerprint density at radius 3 is 1.19 bits per heavy atom. The third-order valence-electron chi connectivity index (χ3n) is 10.1. The highest BCUT2D eigenvalue weighted by Crippen LogP contribution is 2.38. The topological polar surface area (TPSA) is 111 Å². The van der Waals surface area contributed by atoms with Crippen LogP contribution in [0.1, 0.15) is 219 Å². The number of ether oxygens (including phenoxy) is 2. The zero-order chi connectivity index (χ0) is 40.0. The number of hydrogen-bond donors (Lipinski definition) is 0. The van der Waals surface area contributed by atoms with E-state index < -0.39 is 26.5 Å². The van der Waals surface area contributed by atoms with Gasteiger partial charge >= 0.3 is 11.9 Å². The van der Waals surface area contributed by atoms with Gasteiger partial charge in [-0.3, -0.25) is 14.2 Å². The minimum atomic E-state index is -4.61. The van der Waals surface area contributed by atoms with Crippen molar-refractivity contribution in [3.05, 3.63) is 0 Å². The first-order valence-electron chi connectivity index (χ1n) is 22.7. The number of carbonyl (C=O) groups excluding carboxylic acids is 2. The maximum atomic E-state index is 12.6. The molecule has 0 saturated carbocycles. The summed E-state index contributed by atoms with van der Waals surface area (Å²) in [4.78, 5) is 37.4. The molecule has 322 valence electrons. The smallest absolute Gasteiger partial charge is 0.306 e. The van der Waals surface area contributed by atoms with Crippen LogP contribution in [-0.2, 0) is 32.7 Å². The molecule has 0 bridgehead atoms. The molecule has 0 aromatic heterocycles. The van der Waals surface area contributed by atoms with Crippen LogP contribution in [0.3, 0.4) is 0 Å². The molecule has 1 unspecified atom stereocenters. The van der Waals surface area contributed by atoms with Crippen LogP contribution >= 0.6 is 7.82 Å². The van der Waals surface area contributed by atoms with E-state index in [1.807, 2.05) is 21.1 Å². The number of quaternary nitrogens is 1. The van der Waals surface area contributed by atoms with Gasteiger partial charge in [-0.05, 0) is 12.8 Å². The van der Waals surface area contributed by atoms with Gasteiger partial charge in [-0.25, -0.2) is 0 Å². The van der Waals surface area contributed by atoms with Gasteiger partial charge in [0.05, 0.1) is 27.7 Å². The fourth-order valence-electron chi connectivity index (χ4n) is 6.54. The fraction of sp³-hybridized carbons (Fsp3) is 0.955. The molecule has 0 aliphatic rings. The van der Waals surface area contributed by atoms with Crippen molar-refractivity contribution in [3.8, 4) is 0 Å². The first-order chi connectivity index (χ1) is 26.0. The first kappa shape index (κ1) is 53.0. The van der Waals surface area contributed by atoms with Crippen LogP contribution in [0.5, 0.6) is 0 Å². The second-order valence-corrected chi connectivity index (χ2v) is 18.2. The van der Waals surface area contributed by atoms with Crippen LogP contribution in [0.15, 0.2) is 0 Å². The Labute approximate surface area is 334 Å². The van der Waals surface area contributed by atoms with Crippen molar-refractivity contribution in [2.75, 3.05) is 47.5 Å². The largest absolute Gasteiger partial charge is 0.756 e. The predicted molar refractivity (Wildman–Crippen MR) is 222 cm³/mol. The molecule has 0 saturated heterocycles. The second kappa shape index (κ2) is 37.6. The van der Waals surface area contributed by atoms with Crippen molar-refractivity contribution in [3.63, 3.8) is 0 Å². The summed E-state index contributed by atoms with van der Waals surface area (Å²) in [6.45, 7) is 4.25. The number of hydrogen-bond acceptors (Lipinski definition) is 8. The van der Waals surface area contributed by atoms with E-state index in [-0.39, 0.29) is 32.0 Å². The number of carbonyl (C=O) groups is 2. The van der Waals surface area contributed by atoms with Crippen LogP contribution in [0.4, 0.5) is 0 Å². The highest BCUT2D eigenvalue weighted by Gasteiger charge is 2.21. The lowest BCUT2D eigenvalue weighted by atomic mass is 10.0. The van der Waals surface area contributed by atoms with E-state index in [1.54, 1.807) is 0 Å². The summed E-state index contributed by atoms with van der Waals surface area (Å²) in [7, 11) is 1.18. The van der Waals surface area contributed by atoms with Gasteiger partial charge in [0.2, 0.25) is 0 Å². The number of unbranched alkanes of at least 4 members (excludes halogenated alkanes) is 28. The van der Waals surface area contributed by atoms with Crippen molar-refractivity contribution < 1.29 is 42.1 Å². The molecule has 2 atom stereocenters. The molecule has 0 radical (unpaired) electrons. The van der Waals surface area contributed by atoms with Gasteiger partial charge in [-0.2, -0.15) is 0 Å². The molecule has 0 amide bonds. The summed E-state index contributed by atoms with van der Waals surface area (Å²) in [6, 6.07) is 0. The normalized spacial score (nSPS) is 13.5. The zero-order valence-corrected chi connectivity index (χ0v) is 37.1. The van der Waals surface area contributed by atoms with Crippen molar-refractivity contribution in [2.24, 2.45) is 0 Å². The Bertz CT molecular complexity index is 896. The number of nitrogens with zero attached hydrogens (tertiary/aromatic N) is 1. The molecule has 54 heavy (non-hydrogen) atoms. The van der Waals surface area contributed by atoms with Gasteiger partial charge < -0.3 is 27.9 Å². The van der Waals surface area contributed by atoms with Crippen molar-refractivity contribution in [1.82, 2.24) is 0 Å². The van der Waals surface area contributed by atoms with Crippen LogP contribution in [0, 0.1) is 0 Å². The Morgan fingerprint density at radius 1 is 0.500 bits per heavy atom. The van der Waals surface area contributed by atoms with Crippen LogP contribution in [-0.4, -0.2) is 70.0 Å². The summed E-state index contributed by atoms with van der Waals surface area (Å²) in [5, 5.41) is 0. The first-order valence-corrected chi connectivity index (χ1v) is 24.2. The van der Waals surface area contributed by atoms with E-state index in [4.69, 9.17) is 18.5 Å². The van der Waals surface area contributed by atoms with Gasteiger partial charge in [0.1, 0.15) is 19.8 Å². The molecule has 0 rings (SSSR count). The minimum absolute atomic E-state index is 0.0259. The molecule has 0 fully saturated rings. The van der Waals surface area contributed by atoms with Gasteiger partial charge in [0.15, 0.2) is 6.10 Å². The Morgan fingerprint density at radius 2 is 0.833 bits per heavy atom. The number of likely N-dealkylation sites (N-methyl/N-ethyl adjacent to an activating group) is 1. The quantitative estimate of drug-likeness (QED) is 0.0260. The molecule has 0 aromatic carbocycles. The second-order valence-electron chi connectivity index (χ2n) is 16.8. The molecular weight excluding hydrogens is 701 g/mol. The maximum Gasteiger partial charge on any atom is 0.306 e. The number of rotatable bonds is 42. The molecule has 0 heterocycles. The minimum Gasteiger partial charge on any atom is -0.756 e. The molecular formula is C44H88NO8P. The SMILES string of the molecule is CCCCCCCCCCCCCCCCCCCCCCC(=O)OC[C@H](COP(=O)([O-])OCC[N+](C)(C)C)OC(=O)CCCCCCCCCCCC. The van der Waals surface area contributed by atoms with Crippen LogP contribution in [0.25, 0.3) is 0 Å². The molecule has 10 heteroatoms. The maximum absolute atomic E-state index is 12.6. The fourth-order valence-corrected chi connectivity index (χ4v) is 7.27. The van der Waals surface area contributed by atoms with E-state index in [1.165, 1.54) is 154 Å². The molecule has 9 nitrogen and oxygen atoms in total. The lowest BCUT2D eigenvalue weighted by Gasteiger charge is -2.28. The zero-order valence-electron chi connectivity index (χ0n) is 36.2.